The minimum absolute atomic E-state index is 0.0814. The van der Waals surface area contributed by atoms with Crippen molar-refractivity contribution >= 4 is 23.4 Å². The van der Waals surface area contributed by atoms with Crippen molar-refractivity contribution < 1.29 is 23.0 Å². The summed E-state index contributed by atoms with van der Waals surface area (Å²) in [5.74, 6) is 1.33. The number of alkyl halides is 1. The highest BCUT2D eigenvalue weighted by atomic mass is 35.5. The Labute approximate surface area is 182 Å². The zero-order valence-corrected chi connectivity index (χ0v) is 17.0. The number of ether oxygens (including phenoxy) is 2. The quantitative estimate of drug-likeness (QED) is 0.522. The Morgan fingerprint density at radius 2 is 2.26 bits per heavy atom. The van der Waals surface area contributed by atoms with Gasteiger partial charge in [0.1, 0.15) is 42.2 Å². The molecule has 3 atom stereocenters. The van der Waals surface area contributed by atoms with Gasteiger partial charge in [-0.15, -0.1) is 6.42 Å². The molecule has 6 nitrogen and oxygen atoms in total. The fraction of sp³-hybridized carbons (Fsp3) is 0.318. The summed E-state index contributed by atoms with van der Waals surface area (Å²) in [7, 11) is 0. The third kappa shape index (κ3) is 3.93. The number of pyridine rings is 1. The molecule has 1 aromatic heterocycles. The van der Waals surface area contributed by atoms with Crippen LogP contribution >= 0.6 is 11.6 Å². The van der Waals surface area contributed by atoms with Crippen molar-refractivity contribution in [3.8, 4) is 18.1 Å². The summed E-state index contributed by atoms with van der Waals surface area (Å²) in [6, 6.07) is 5.55. The number of halogens is 3. The number of aromatic nitrogens is 1. The number of amidine groups is 1. The highest BCUT2D eigenvalue weighted by molar-refractivity contribution is 6.31. The summed E-state index contributed by atoms with van der Waals surface area (Å²) >= 11 is 6.19. The Morgan fingerprint density at radius 3 is 2.94 bits per heavy atom. The minimum Gasteiger partial charge on any atom is -0.479 e. The van der Waals surface area contributed by atoms with Crippen molar-refractivity contribution in [2.75, 3.05) is 13.3 Å². The number of benzene rings is 1. The lowest BCUT2D eigenvalue weighted by Gasteiger charge is -2.32. The molecule has 0 radical (unpaired) electrons. The third-order valence-corrected chi connectivity index (χ3v) is 5.78. The lowest BCUT2D eigenvalue weighted by Crippen LogP contribution is -2.39. The normalized spacial score (nSPS) is 23.7. The molecule has 0 amide bonds. The average molecular weight is 446 g/mol. The standard InChI is InChI=1S/C22H18ClF2N3O3/c1-2-5-30-13-3-4-17(27-10-13)18(29)8-12-6-15(20(23)16(25)7-12)22(11-24)14-9-19(14)31-21(26)28-22/h1,3-4,6-7,10,14,19H,5,8-9,11H2,(H2,26,28)/t14-,19+,22-/m1/s1. The number of hydrogen-bond donors (Lipinski definition) is 1. The van der Waals surface area contributed by atoms with E-state index in [1.54, 1.807) is 6.07 Å². The van der Waals surface area contributed by atoms with Crippen LogP contribution in [0.2, 0.25) is 5.02 Å². The van der Waals surface area contributed by atoms with Gasteiger partial charge < -0.3 is 15.2 Å². The maximum atomic E-state index is 14.6. The molecule has 0 unspecified atom stereocenters. The van der Waals surface area contributed by atoms with Crippen LogP contribution in [-0.2, 0) is 16.7 Å². The van der Waals surface area contributed by atoms with Crippen LogP contribution in [0.4, 0.5) is 8.78 Å². The number of rotatable bonds is 7. The fourth-order valence-electron chi connectivity index (χ4n) is 3.82. The first kappa shape index (κ1) is 21.1. The first-order valence-corrected chi connectivity index (χ1v) is 9.87. The molecule has 2 N–H and O–H groups in total. The molecule has 1 saturated carbocycles. The van der Waals surface area contributed by atoms with E-state index in [1.807, 2.05) is 0 Å². The number of hydrogen-bond acceptors (Lipinski definition) is 6. The van der Waals surface area contributed by atoms with E-state index in [1.165, 1.54) is 18.3 Å². The second-order valence-corrected chi connectivity index (χ2v) is 7.80. The number of fused-ring (bicyclic) bond motifs is 1. The predicted molar refractivity (Wildman–Crippen MR) is 110 cm³/mol. The van der Waals surface area contributed by atoms with Crippen molar-refractivity contribution in [3.05, 3.63) is 58.1 Å². The Hall–Kier alpha value is -3.18. The molecular formula is C22H18ClF2N3O3. The predicted octanol–water partition coefficient (Wildman–Crippen LogP) is 3.21. The highest BCUT2D eigenvalue weighted by Crippen LogP contribution is 2.54. The summed E-state index contributed by atoms with van der Waals surface area (Å²) in [4.78, 5) is 20.9. The number of carbonyl (C=O) groups excluding carboxylic acids is 1. The van der Waals surface area contributed by atoms with E-state index in [4.69, 9.17) is 33.2 Å². The molecule has 0 bridgehead atoms. The second kappa shape index (κ2) is 8.16. The molecule has 1 aliphatic heterocycles. The van der Waals surface area contributed by atoms with Gasteiger partial charge in [-0.25, -0.2) is 18.8 Å². The summed E-state index contributed by atoms with van der Waals surface area (Å²) in [6.07, 6.45) is 6.60. The van der Waals surface area contributed by atoms with E-state index in [9.17, 15) is 13.6 Å². The smallest absolute Gasteiger partial charge is 0.283 e. The van der Waals surface area contributed by atoms with E-state index < -0.39 is 18.0 Å². The summed E-state index contributed by atoms with van der Waals surface area (Å²) < 4.78 is 39.5. The SMILES string of the molecule is C#CCOc1ccc(C(=O)Cc2cc(F)c(Cl)c([C@]3(CF)N=C(N)O[C@H]4C[C@H]43)c2)nc1. The Morgan fingerprint density at radius 1 is 1.45 bits per heavy atom. The monoisotopic (exact) mass is 445 g/mol. The third-order valence-electron chi connectivity index (χ3n) is 5.39. The Bertz CT molecular complexity index is 1100. The maximum absolute atomic E-state index is 14.6. The van der Waals surface area contributed by atoms with Gasteiger partial charge in [0.25, 0.3) is 6.02 Å². The maximum Gasteiger partial charge on any atom is 0.283 e. The van der Waals surface area contributed by atoms with Gasteiger partial charge in [0.15, 0.2) is 5.78 Å². The van der Waals surface area contributed by atoms with Crippen LogP contribution in [0.3, 0.4) is 0 Å². The second-order valence-electron chi connectivity index (χ2n) is 7.42. The van der Waals surface area contributed by atoms with Gasteiger partial charge in [-0.05, 0) is 30.2 Å². The molecule has 31 heavy (non-hydrogen) atoms. The number of Topliss-reactive ketones (excluding diaryl/α,β-unsaturated/α-hetero) is 1. The fourth-order valence-corrected chi connectivity index (χ4v) is 4.09. The van der Waals surface area contributed by atoms with Gasteiger partial charge in [-0.2, -0.15) is 0 Å². The van der Waals surface area contributed by atoms with E-state index >= 15 is 0 Å². The highest BCUT2D eigenvalue weighted by Gasteiger charge is 2.60. The minimum atomic E-state index is -1.43. The van der Waals surface area contributed by atoms with Crippen LogP contribution in [0.25, 0.3) is 0 Å². The topological polar surface area (TPSA) is 86.8 Å². The van der Waals surface area contributed by atoms with Gasteiger partial charge in [0.2, 0.25) is 0 Å². The van der Waals surface area contributed by atoms with Crippen molar-refractivity contribution in [2.45, 2.75) is 24.5 Å². The molecule has 4 rings (SSSR count). The zero-order chi connectivity index (χ0) is 22.2. The van der Waals surface area contributed by atoms with E-state index in [-0.39, 0.29) is 53.1 Å². The van der Waals surface area contributed by atoms with Crippen molar-refractivity contribution in [1.29, 1.82) is 0 Å². The molecule has 2 aliphatic rings. The zero-order valence-electron chi connectivity index (χ0n) is 16.3. The van der Waals surface area contributed by atoms with Gasteiger partial charge in [0.05, 0.1) is 11.2 Å². The number of terminal acetylenes is 1. The van der Waals surface area contributed by atoms with Crippen LogP contribution in [0.1, 0.15) is 28.0 Å². The van der Waals surface area contributed by atoms with E-state index in [2.05, 4.69) is 15.9 Å². The molecule has 2 aromatic rings. The molecule has 2 heterocycles. The molecule has 9 heteroatoms. The molecule has 0 spiro atoms. The molecular weight excluding hydrogens is 428 g/mol. The summed E-state index contributed by atoms with van der Waals surface area (Å²) in [5.41, 5.74) is 4.92. The largest absolute Gasteiger partial charge is 0.479 e. The van der Waals surface area contributed by atoms with Gasteiger partial charge >= 0.3 is 0 Å². The molecule has 0 saturated heterocycles. The summed E-state index contributed by atoms with van der Waals surface area (Å²) in [6.45, 7) is -0.840. The van der Waals surface area contributed by atoms with Gasteiger partial charge in [-0.3, -0.25) is 4.79 Å². The van der Waals surface area contributed by atoms with Crippen LogP contribution in [0.15, 0.2) is 35.5 Å². The first-order valence-electron chi connectivity index (χ1n) is 9.50. The van der Waals surface area contributed by atoms with Crippen molar-refractivity contribution in [2.24, 2.45) is 16.6 Å². The van der Waals surface area contributed by atoms with Crippen LogP contribution in [0, 0.1) is 24.1 Å². The average Bonchev–Trinajstić information content (AvgIpc) is 3.54. The van der Waals surface area contributed by atoms with Crippen molar-refractivity contribution in [3.63, 3.8) is 0 Å². The molecule has 1 aliphatic carbocycles. The molecule has 160 valence electrons. The van der Waals surface area contributed by atoms with Gasteiger partial charge in [0, 0.05) is 17.9 Å². The van der Waals surface area contributed by atoms with Crippen LogP contribution < -0.4 is 10.5 Å². The lowest BCUT2D eigenvalue weighted by atomic mass is 9.84. The summed E-state index contributed by atoms with van der Waals surface area (Å²) in [5, 5.41) is -0.244. The molecule has 1 aromatic carbocycles. The Balaban J connectivity index is 1.62. The number of nitrogens with two attached hydrogens (primary N) is 1. The van der Waals surface area contributed by atoms with E-state index in [0.717, 1.165) is 6.07 Å². The lowest BCUT2D eigenvalue weighted by molar-refractivity contribution is 0.0988. The van der Waals surface area contributed by atoms with Crippen LogP contribution in [0.5, 0.6) is 5.75 Å². The van der Waals surface area contributed by atoms with Gasteiger partial charge in [-0.1, -0.05) is 23.6 Å². The van der Waals surface area contributed by atoms with Crippen LogP contribution in [-0.4, -0.2) is 36.2 Å². The van der Waals surface area contributed by atoms with E-state index in [0.29, 0.717) is 17.7 Å². The number of nitrogens with zero attached hydrogens (tertiary/aromatic N) is 2. The number of carbonyl (C=O) groups is 1. The number of ketones is 1. The Kier molecular flexibility index (Phi) is 5.54. The first-order chi connectivity index (χ1) is 14.9. The molecule has 1 fully saturated rings. The number of aliphatic imine (C=N–C) groups is 1. The van der Waals surface area contributed by atoms with Crippen molar-refractivity contribution in [1.82, 2.24) is 4.98 Å².